The minimum Gasteiger partial charge on any atom is -0.439 e. The van der Waals surface area contributed by atoms with Gasteiger partial charge in [0.25, 0.3) is 0 Å². The highest BCUT2D eigenvalue weighted by Crippen LogP contribution is 2.32. The molecule has 0 unspecified atom stereocenters. The van der Waals surface area contributed by atoms with Crippen molar-refractivity contribution in [2.45, 2.75) is 19.6 Å². The second-order valence-electron chi connectivity index (χ2n) is 4.82. The molecule has 2 rings (SSSR count). The van der Waals surface area contributed by atoms with Gasteiger partial charge in [0.15, 0.2) is 0 Å². The monoisotopic (exact) mass is 360 g/mol. The number of alkyl halides is 3. The van der Waals surface area contributed by atoms with Gasteiger partial charge in [-0.2, -0.15) is 13.2 Å². The highest BCUT2D eigenvalue weighted by atomic mass is 32.2. The third-order valence-corrected chi connectivity index (χ3v) is 4.43. The fraction of sp³-hybridized carbons (Fsp3) is 0.267. The summed E-state index contributed by atoms with van der Waals surface area (Å²) >= 11 is 0. The minimum absolute atomic E-state index is 0.0376. The van der Waals surface area contributed by atoms with Gasteiger partial charge in [-0.3, -0.25) is 0 Å². The average molecular weight is 360 g/mol. The number of hydrogen-bond acceptors (Lipinski definition) is 4. The summed E-state index contributed by atoms with van der Waals surface area (Å²) < 4.78 is 68.9. The molecule has 24 heavy (non-hydrogen) atoms. The van der Waals surface area contributed by atoms with Crippen LogP contribution in [-0.2, 0) is 22.7 Å². The van der Waals surface area contributed by atoms with Gasteiger partial charge in [0, 0.05) is 18.3 Å². The summed E-state index contributed by atoms with van der Waals surface area (Å²) in [6, 6.07) is 7.53. The van der Waals surface area contributed by atoms with Gasteiger partial charge >= 0.3 is 6.18 Å². The van der Waals surface area contributed by atoms with Gasteiger partial charge in [-0.1, -0.05) is 12.1 Å². The highest BCUT2D eigenvalue weighted by Gasteiger charge is 2.30. The van der Waals surface area contributed by atoms with Gasteiger partial charge in [-0.15, -0.1) is 0 Å². The Balaban J connectivity index is 2.22. The molecule has 2 aromatic rings. The van der Waals surface area contributed by atoms with E-state index < -0.39 is 21.8 Å². The van der Waals surface area contributed by atoms with Crippen molar-refractivity contribution in [3.05, 3.63) is 53.7 Å². The third kappa shape index (κ3) is 4.93. The van der Waals surface area contributed by atoms with E-state index in [0.29, 0.717) is 5.56 Å². The summed E-state index contributed by atoms with van der Waals surface area (Å²) in [6.07, 6.45) is -3.08. The topological polar surface area (TPSA) is 68.3 Å². The number of hydrogen-bond donors (Lipinski definition) is 1. The molecule has 1 aromatic carbocycles. The fourth-order valence-electron chi connectivity index (χ4n) is 1.79. The summed E-state index contributed by atoms with van der Waals surface area (Å²) in [5.74, 6) is -0.0874. The van der Waals surface area contributed by atoms with Crippen molar-refractivity contribution in [3.63, 3.8) is 0 Å². The lowest BCUT2D eigenvalue weighted by atomic mass is 10.2. The Morgan fingerprint density at radius 1 is 1.21 bits per heavy atom. The molecule has 0 spiro atoms. The van der Waals surface area contributed by atoms with Crippen LogP contribution in [0.25, 0.3) is 0 Å². The van der Waals surface area contributed by atoms with Gasteiger partial charge in [0.05, 0.1) is 11.3 Å². The average Bonchev–Trinajstić information content (AvgIpc) is 2.54. The molecule has 0 saturated carbocycles. The van der Waals surface area contributed by atoms with Crippen molar-refractivity contribution in [1.29, 1.82) is 0 Å². The molecule has 1 heterocycles. The van der Waals surface area contributed by atoms with Gasteiger partial charge in [0.1, 0.15) is 5.75 Å². The molecule has 0 aliphatic rings. The van der Waals surface area contributed by atoms with E-state index in [4.69, 9.17) is 4.74 Å². The zero-order valence-corrected chi connectivity index (χ0v) is 13.5. The lowest BCUT2D eigenvalue weighted by Crippen LogP contribution is -2.25. The van der Waals surface area contributed by atoms with Gasteiger partial charge in [-0.05, 0) is 31.2 Å². The Morgan fingerprint density at radius 2 is 1.96 bits per heavy atom. The zero-order chi connectivity index (χ0) is 17.8. The van der Waals surface area contributed by atoms with Crippen molar-refractivity contribution < 1.29 is 26.3 Å². The maximum Gasteiger partial charge on any atom is 0.416 e. The molecule has 5 nitrogen and oxygen atoms in total. The van der Waals surface area contributed by atoms with E-state index in [0.717, 1.165) is 12.1 Å². The molecule has 0 fully saturated rings. The Kier molecular flexibility index (Phi) is 5.45. The van der Waals surface area contributed by atoms with Crippen molar-refractivity contribution in [1.82, 2.24) is 9.71 Å². The predicted molar refractivity (Wildman–Crippen MR) is 82.1 cm³/mol. The van der Waals surface area contributed by atoms with Crippen LogP contribution in [0.5, 0.6) is 11.6 Å². The maximum absolute atomic E-state index is 12.7. The summed E-state index contributed by atoms with van der Waals surface area (Å²) in [7, 11) is -3.42. The lowest BCUT2D eigenvalue weighted by Gasteiger charge is -2.12. The number of halogens is 3. The molecule has 130 valence electrons. The molecule has 0 bridgehead atoms. The summed E-state index contributed by atoms with van der Waals surface area (Å²) in [5, 5.41) is 0. The minimum atomic E-state index is -4.48. The maximum atomic E-state index is 12.7. The molecule has 0 radical (unpaired) electrons. The first-order chi connectivity index (χ1) is 11.2. The lowest BCUT2D eigenvalue weighted by molar-refractivity contribution is -0.137. The standard InChI is InChI=1S/C15H15F3N2O3S/c1-2-24(21,22)20-10-11-5-4-8-19-14(11)23-13-7-3-6-12(9-13)15(16,17)18/h3-9,20H,2,10H2,1H3. The van der Waals surface area contributed by atoms with Crippen LogP contribution in [0.3, 0.4) is 0 Å². The van der Waals surface area contributed by atoms with E-state index in [1.54, 1.807) is 12.1 Å². The van der Waals surface area contributed by atoms with Crippen molar-refractivity contribution in [2.75, 3.05) is 5.75 Å². The largest absolute Gasteiger partial charge is 0.439 e. The van der Waals surface area contributed by atoms with Crippen LogP contribution < -0.4 is 9.46 Å². The number of rotatable bonds is 6. The first-order valence-corrected chi connectivity index (χ1v) is 8.63. The van der Waals surface area contributed by atoms with Crippen LogP contribution in [0.4, 0.5) is 13.2 Å². The van der Waals surface area contributed by atoms with E-state index in [9.17, 15) is 21.6 Å². The zero-order valence-electron chi connectivity index (χ0n) is 12.7. The van der Waals surface area contributed by atoms with Crippen LogP contribution in [0.2, 0.25) is 0 Å². The van der Waals surface area contributed by atoms with E-state index in [2.05, 4.69) is 9.71 Å². The van der Waals surface area contributed by atoms with E-state index in [1.165, 1.54) is 25.3 Å². The number of benzene rings is 1. The molecule has 0 atom stereocenters. The number of ether oxygens (including phenoxy) is 1. The Labute approximate surface area is 137 Å². The molecule has 0 saturated heterocycles. The molecular formula is C15H15F3N2O3S. The smallest absolute Gasteiger partial charge is 0.416 e. The molecule has 9 heteroatoms. The Hall–Kier alpha value is -2.13. The van der Waals surface area contributed by atoms with Gasteiger partial charge in [0.2, 0.25) is 15.9 Å². The van der Waals surface area contributed by atoms with Crippen LogP contribution in [0, 0.1) is 0 Å². The summed E-state index contributed by atoms with van der Waals surface area (Å²) in [6.45, 7) is 1.42. The molecule has 0 aliphatic carbocycles. The number of aromatic nitrogens is 1. The summed E-state index contributed by atoms with van der Waals surface area (Å²) in [5.41, 5.74) is -0.434. The fourth-order valence-corrected chi connectivity index (χ4v) is 2.37. The first kappa shape index (κ1) is 18.2. The van der Waals surface area contributed by atoms with Crippen LogP contribution in [0.15, 0.2) is 42.6 Å². The number of nitrogens with zero attached hydrogens (tertiary/aromatic N) is 1. The van der Waals surface area contributed by atoms with E-state index in [1.807, 2.05) is 0 Å². The molecule has 1 N–H and O–H groups in total. The molecule has 0 aliphatic heterocycles. The van der Waals surface area contributed by atoms with Crippen LogP contribution >= 0.6 is 0 Å². The van der Waals surface area contributed by atoms with E-state index >= 15 is 0 Å². The van der Waals surface area contributed by atoms with Crippen molar-refractivity contribution >= 4 is 10.0 Å². The van der Waals surface area contributed by atoms with Gasteiger partial charge in [-0.25, -0.2) is 18.1 Å². The quantitative estimate of drug-likeness (QED) is 0.858. The van der Waals surface area contributed by atoms with Crippen LogP contribution in [0.1, 0.15) is 18.1 Å². The van der Waals surface area contributed by atoms with E-state index in [-0.39, 0.29) is 23.9 Å². The third-order valence-electron chi connectivity index (χ3n) is 3.09. The second-order valence-corrected chi connectivity index (χ2v) is 6.92. The number of sulfonamides is 1. The van der Waals surface area contributed by atoms with Gasteiger partial charge < -0.3 is 4.74 Å². The van der Waals surface area contributed by atoms with Crippen molar-refractivity contribution in [3.8, 4) is 11.6 Å². The van der Waals surface area contributed by atoms with Crippen LogP contribution in [-0.4, -0.2) is 19.2 Å². The Bertz CT molecular complexity index is 808. The van der Waals surface area contributed by atoms with Crippen molar-refractivity contribution in [2.24, 2.45) is 0 Å². The molecule has 1 aromatic heterocycles. The highest BCUT2D eigenvalue weighted by molar-refractivity contribution is 7.89. The first-order valence-electron chi connectivity index (χ1n) is 6.97. The number of pyridine rings is 1. The molecule has 0 amide bonds. The molecular weight excluding hydrogens is 345 g/mol. The predicted octanol–water partition coefficient (Wildman–Crippen LogP) is 3.33. The second kappa shape index (κ2) is 7.18. The Morgan fingerprint density at radius 3 is 2.62 bits per heavy atom. The SMILES string of the molecule is CCS(=O)(=O)NCc1cccnc1Oc1cccc(C(F)(F)F)c1. The number of nitrogens with one attached hydrogen (secondary N) is 1. The normalized spacial score (nSPS) is 12.2. The summed E-state index contributed by atoms with van der Waals surface area (Å²) in [4.78, 5) is 3.95.